The third-order valence-electron chi connectivity index (χ3n) is 11.8. The van der Waals surface area contributed by atoms with Crippen LogP contribution in [0.2, 0.25) is 0 Å². The van der Waals surface area contributed by atoms with Crippen LogP contribution in [0.25, 0.3) is 75.1 Å². The van der Waals surface area contributed by atoms with E-state index in [2.05, 4.69) is 207 Å². The van der Waals surface area contributed by atoms with Crippen LogP contribution in [0.3, 0.4) is 0 Å². The molecular formula is C53H37NS. The molecule has 11 rings (SSSR count). The van der Waals surface area contributed by atoms with Gasteiger partial charge in [-0.2, -0.15) is 0 Å². The molecule has 9 aromatic carbocycles. The largest absolute Gasteiger partial charge is 0.310 e. The number of anilines is 3. The van der Waals surface area contributed by atoms with Gasteiger partial charge in [-0.05, 0) is 109 Å². The Morgan fingerprint density at radius 1 is 0.436 bits per heavy atom. The Morgan fingerprint density at radius 2 is 1.05 bits per heavy atom. The van der Waals surface area contributed by atoms with E-state index >= 15 is 0 Å². The molecular weight excluding hydrogens is 683 g/mol. The molecule has 0 spiro atoms. The standard InChI is InChI=1S/C53H37NS/c1-53(2)46-18-9-7-16-43(46)51-47(53)19-11-20-48(51)54(40-28-24-35(25-29-40)38-23-22-34-12-3-4-13-37(34)32-38)41-30-26-36(27-31-41)45-33-39-14-5-6-15-42(39)52-50(45)44-17-8-10-21-49(44)55-52/h3-33H,1-2H3. The third kappa shape index (κ3) is 4.99. The lowest BCUT2D eigenvalue weighted by atomic mass is 9.82. The van der Waals surface area contributed by atoms with Gasteiger partial charge in [-0.3, -0.25) is 0 Å². The van der Waals surface area contributed by atoms with Crippen LogP contribution in [-0.2, 0) is 5.41 Å². The Balaban J connectivity index is 1.08. The zero-order chi connectivity index (χ0) is 36.7. The van der Waals surface area contributed by atoms with Gasteiger partial charge >= 0.3 is 0 Å². The van der Waals surface area contributed by atoms with E-state index < -0.39 is 0 Å². The highest BCUT2D eigenvalue weighted by Gasteiger charge is 2.37. The second kappa shape index (κ2) is 12.3. The molecule has 0 bridgehead atoms. The Kier molecular flexibility index (Phi) is 7.14. The summed E-state index contributed by atoms with van der Waals surface area (Å²) >= 11 is 1.90. The fraction of sp³-hybridized carbons (Fsp3) is 0.0566. The molecule has 2 heteroatoms. The second-order valence-corrected chi connectivity index (χ2v) is 16.4. The van der Waals surface area contributed by atoms with Gasteiger partial charge in [0.1, 0.15) is 0 Å². The molecule has 0 N–H and O–H groups in total. The zero-order valence-electron chi connectivity index (χ0n) is 30.8. The second-order valence-electron chi connectivity index (χ2n) is 15.3. The Hall–Kier alpha value is -6.48. The molecule has 1 aliphatic carbocycles. The van der Waals surface area contributed by atoms with Crippen molar-refractivity contribution < 1.29 is 0 Å². The number of rotatable bonds is 5. The maximum atomic E-state index is 2.46. The average molecular weight is 720 g/mol. The molecule has 1 nitrogen and oxygen atoms in total. The molecule has 0 saturated carbocycles. The minimum Gasteiger partial charge on any atom is -0.310 e. The topological polar surface area (TPSA) is 3.24 Å². The summed E-state index contributed by atoms with van der Waals surface area (Å²) in [6.07, 6.45) is 0. The summed E-state index contributed by atoms with van der Waals surface area (Å²) in [5.74, 6) is 0. The van der Waals surface area contributed by atoms with E-state index in [1.54, 1.807) is 0 Å². The van der Waals surface area contributed by atoms with E-state index in [-0.39, 0.29) is 5.41 Å². The SMILES string of the molecule is CC1(C)c2ccccc2-c2c(N(c3ccc(-c4ccc5ccccc5c4)cc3)c3ccc(-c4cc5ccccc5c5sc6ccccc6c45)cc3)cccc21. The van der Waals surface area contributed by atoms with Crippen molar-refractivity contribution in [3.8, 4) is 33.4 Å². The first-order chi connectivity index (χ1) is 27.0. The summed E-state index contributed by atoms with van der Waals surface area (Å²) in [4.78, 5) is 2.46. The summed E-state index contributed by atoms with van der Waals surface area (Å²) in [6.45, 7) is 4.72. The van der Waals surface area contributed by atoms with Crippen LogP contribution in [0, 0.1) is 0 Å². The van der Waals surface area contributed by atoms with Gasteiger partial charge in [-0.1, -0.05) is 153 Å². The first-order valence-electron chi connectivity index (χ1n) is 19.1. The molecule has 260 valence electrons. The van der Waals surface area contributed by atoms with Gasteiger partial charge in [-0.15, -0.1) is 11.3 Å². The molecule has 10 aromatic rings. The van der Waals surface area contributed by atoms with Crippen molar-refractivity contribution in [3.63, 3.8) is 0 Å². The van der Waals surface area contributed by atoms with Crippen molar-refractivity contribution in [1.82, 2.24) is 0 Å². The first-order valence-corrected chi connectivity index (χ1v) is 19.9. The predicted molar refractivity (Wildman–Crippen MR) is 237 cm³/mol. The van der Waals surface area contributed by atoms with Crippen LogP contribution in [0.4, 0.5) is 17.1 Å². The predicted octanol–water partition coefficient (Wildman–Crippen LogP) is 15.5. The minimum absolute atomic E-state index is 0.0951. The van der Waals surface area contributed by atoms with E-state index in [9.17, 15) is 0 Å². The smallest absolute Gasteiger partial charge is 0.0543 e. The number of benzene rings is 9. The first kappa shape index (κ1) is 32.0. The number of fused-ring (bicyclic) bond motifs is 9. The maximum absolute atomic E-state index is 2.46. The molecule has 0 saturated heterocycles. The number of hydrogen-bond acceptors (Lipinski definition) is 2. The van der Waals surface area contributed by atoms with E-state index in [1.165, 1.54) is 91.9 Å². The van der Waals surface area contributed by atoms with Gasteiger partial charge in [0.05, 0.1) is 5.69 Å². The fourth-order valence-electron chi connectivity index (χ4n) is 9.10. The monoisotopic (exact) mass is 719 g/mol. The van der Waals surface area contributed by atoms with Gasteiger partial charge in [0.2, 0.25) is 0 Å². The highest BCUT2D eigenvalue weighted by molar-refractivity contribution is 7.26. The number of hydrogen-bond donors (Lipinski definition) is 0. The highest BCUT2D eigenvalue weighted by atomic mass is 32.1. The molecule has 0 unspecified atom stereocenters. The fourth-order valence-corrected chi connectivity index (χ4v) is 10.4. The average Bonchev–Trinajstić information content (AvgIpc) is 3.74. The van der Waals surface area contributed by atoms with Crippen molar-refractivity contribution in [1.29, 1.82) is 0 Å². The van der Waals surface area contributed by atoms with Gasteiger partial charge in [0.15, 0.2) is 0 Å². The highest BCUT2D eigenvalue weighted by Crippen LogP contribution is 2.54. The van der Waals surface area contributed by atoms with Gasteiger partial charge in [0, 0.05) is 42.5 Å². The van der Waals surface area contributed by atoms with Crippen molar-refractivity contribution >= 4 is 70.1 Å². The molecule has 0 amide bonds. The van der Waals surface area contributed by atoms with E-state index in [4.69, 9.17) is 0 Å². The van der Waals surface area contributed by atoms with Crippen molar-refractivity contribution in [2.24, 2.45) is 0 Å². The summed E-state index contributed by atoms with van der Waals surface area (Å²) in [6, 6.07) is 69.6. The van der Waals surface area contributed by atoms with Gasteiger partial charge in [-0.25, -0.2) is 0 Å². The van der Waals surface area contributed by atoms with Crippen LogP contribution in [0.15, 0.2) is 188 Å². The van der Waals surface area contributed by atoms with Gasteiger partial charge < -0.3 is 4.90 Å². The quantitative estimate of drug-likeness (QED) is 0.171. The molecule has 0 atom stereocenters. The molecule has 0 radical (unpaired) electrons. The Morgan fingerprint density at radius 3 is 1.85 bits per heavy atom. The van der Waals surface area contributed by atoms with Crippen LogP contribution in [0.1, 0.15) is 25.0 Å². The maximum Gasteiger partial charge on any atom is 0.0543 e. The van der Waals surface area contributed by atoms with Gasteiger partial charge in [0.25, 0.3) is 0 Å². The summed E-state index contributed by atoms with van der Waals surface area (Å²) in [5, 5.41) is 7.77. The summed E-state index contributed by atoms with van der Waals surface area (Å²) < 4.78 is 2.68. The Labute approximate surface area is 325 Å². The molecule has 55 heavy (non-hydrogen) atoms. The molecule has 1 aromatic heterocycles. The number of nitrogens with zero attached hydrogens (tertiary/aromatic N) is 1. The van der Waals surface area contributed by atoms with Crippen LogP contribution in [-0.4, -0.2) is 0 Å². The van der Waals surface area contributed by atoms with Crippen molar-refractivity contribution in [2.45, 2.75) is 19.3 Å². The zero-order valence-corrected chi connectivity index (χ0v) is 31.6. The Bertz CT molecular complexity index is 3110. The lowest BCUT2D eigenvalue weighted by molar-refractivity contribution is 0.660. The van der Waals surface area contributed by atoms with E-state index in [1.807, 2.05) is 11.3 Å². The van der Waals surface area contributed by atoms with Crippen LogP contribution in [0.5, 0.6) is 0 Å². The summed E-state index contributed by atoms with van der Waals surface area (Å²) in [5.41, 5.74) is 13.7. The third-order valence-corrected chi connectivity index (χ3v) is 13.0. The van der Waals surface area contributed by atoms with E-state index in [0.717, 1.165) is 11.4 Å². The minimum atomic E-state index is -0.0951. The molecule has 1 heterocycles. The normalized spacial score (nSPS) is 13.1. The molecule has 1 aliphatic rings. The van der Waals surface area contributed by atoms with Crippen LogP contribution < -0.4 is 4.90 Å². The lowest BCUT2D eigenvalue weighted by Crippen LogP contribution is -2.16. The van der Waals surface area contributed by atoms with Crippen molar-refractivity contribution in [3.05, 3.63) is 199 Å². The molecule has 0 aliphatic heterocycles. The van der Waals surface area contributed by atoms with Crippen LogP contribution >= 0.6 is 11.3 Å². The van der Waals surface area contributed by atoms with E-state index in [0.29, 0.717) is 0 Å². The van der Waals surface area contributed by atoms with Crippen molar-refractivity contribution in [2.75, 3.05) is 4.90 Å². The summed E-state index contributed by atoms with van der Waals surface area (Å²) in [7, 11) is 0. The lowest BCUT2D eigenvalue weighted by Gasteiger charge is -2.29. The number of thiophene rings is 1. The molecule has 0 fully saturated rings.